The Morgan fingerprint density at radius 3 is 2.80 bits per heavy atom. The molecule has 0 atom stereocenters. The Hall–Kier alpha value is -2.53. The van der Waals surface area contributed by atoms with Gasteiger partial charge in [-0.15, -0.1) is 11.3 Å². The number of fused-ring (bicyclic) bond motifs is 5. The van der Waals surface area contributed by atoms with Crippen LogP contribution in [0.4, 0.5) is 5.69 Å². The van der Waals surface area contributed by atoms with Gasteiger partial charge in [0.1, 0.15) is 0 Å². The zero-order chi connectivity index (χ0) is 13.7. The lowest BCUT2D eigenvalue weighted by Crippen LogP contribution is -1.86. The average molecular weight is 280 g/mol. The van der Waals surface area contributed by atoms with Crippen molar-refractivity contribution in [3.63, 3.8) is 0 Å². The van der Waals surface area contributed by atoms with Gasteiger partial charge in [0.15, 0.2) is 0 Å². The maximum atomic E-state index is 10.9. The molecule has 5 heteroatoms. The van der Waals surface area contributed by atoms with E-state index in [1.807, 2.05) is 23.6 Å². The van der Waals surface area contributed by atoms with E-state index >= 15 is 0 Å². The number of hydrogen-bond acceptors (Lipinski definition) is 4. The van der Waals surface area contributed by atoms with E-state index in [2.05, 4.69) is 11.1 Å². The van der Waals surface area contributed by atoms with Crippen LogP contribution in [0, 0.1) is 10.1 Å². The molecule has 0 saturated carbocycles. The quantitative estimate of drug-likeness (QED) is 0.382. The Bertz CT molecular complexity index is 945. The van der Waals surface area contributed by atoms with E-state index in [9.17, 15) is 10.1 Å². The minimum Gasteiger partial charge on any atom is -0.258 e. The van der Waals surface area contributed by atoms with Crippen LogP contribution in [-0.4, -0.2) is 9.91 Å². The predicted molar refractivity (Wildman–Crippen MR) is 80.4 cm³/mol. The van der Waals surface area contributed by atoms with E-state index in [-0.39, 0.29) is 10.6 Å². The molecule has 0 amide bonds. The van der Waals surface area contributed by atoms with E-state index in [0.29, 0.717) is 0 Å². The molecule has 4 rings (SSSR count). The number of hydrogen-bond donors (Lipinski definition) is 0. The highest BCUT2D eigenvalue weighted by molar-refractivity contribution is 7.17. The summed E-state index contributed by atoms with van der Waals surface area (Å²) >= 11 is 1.63. The number of nitro benzene ring substituents is 1. The van der Waals surface area contributed by atoms with Gasteiger partial charge >= 0.3 is 0 Å². The molecule has 0 bridgehead atoms. The SMILES string of the molecule is O=[N+]([O-])c1ccc2nc3c4ccccc4scc-3c2c1. The van der Waals surface area contributed by atoms with Crippen LogP contribution in [0.25, 0.3) is 32.2 Å². The van der Waals surface area contributed by atoms with Crippen LogP contribution in [0.5, 0.6) is 0 Å². The molecule has 2 aliphatic heterocycles. The third-order valence-electron chi connectivity index (χ3n) is 3.41. The van der Waals surface area contributed by atoms with E-state index in [1.165, 1.54) is 6.07 Å². The molecule has 0 saturated heterocycles. The van der Waals surface area contributed by atoms with Gasteiger partial charge in [-0.05, 0) is 12.1 Å². The van der Waals surface area contributed by atoms with Crippen molar-refractivity contribution in [1.29, 1.82) is 0 Å². The molecule has 4 nitrogen and oxygen atoms in total. The summed E-state index contributed by atoms with van der Waals surface area (Å²) in [5.41, 5.74) is 2.79. The average Bonchev–Trinajstić information content (AvgIpc) is 2.85. The van der Waals surface area contributed by atoms with Crippen LogP contribution in [0.1, 0.15) is 0 Å². The molecule has 0 spiro atoms. The number of non-ortho nitro benzene ring substituents is 1. The Balaban J connectivity index is 2.14. The van der Waals surface area contributed by atoms with Crippen molar-refractivity contribution in [1.82, 2.24) is 4.98 Å². The summed E-state index contributed by atoms with van der Waals surface area (Å²) in [6.45, 7) is 0. The van der Waals surface area contributed by atoms with E-state index in [1.54, 1.807) is 23.5 Å². The second-order valence-corrected chi connectivity index (χ2v) is 5.48. The topological polar surface area (TPSA) is 56.0 Å². The van der Waals surface area contributed by atoms with Crippen LogP contribution >= 0.6 is 11.3 Å². The zero-order valence-electron chi connectivity index (χ0n) is 10.2. The number of benzene rings is 2. The number of nitro groups is 1. The summed E-state index contributed by atoms with van der Waals surface area (Å²) in [7, 11) is 0. The fourth-order valence-corrected chi connectivity index (χ4v) is 3.40. The Kier molecular flexibility index (Phi) is 2.25. The first-order valence-corrected chi connectivity index (χ1v) is 6.96. The lowest BCUT2D eigenvalue weighted by molar-refractivity contribution is -0.384. The minimum absolute atomic E-state index is 0.102. The molecule has 0 aromatic heterocycles. The van der Waals surface area contributed by atoms with Crippen molar-refractivity contribution in [3.05, 3.63) is 58.0 Å². The monoisotopic (exact) mass is 280 g/mol. The standard InChI is InChI=1S/C15H8N2O2S/c18-17(19)9-5-6-13-11(7-9)12-8-20-14-4-2-1-3-10(14)15(12)16-13/h1-8H. The van der Waals surface area contributed by atoms with Gasteiger partial charge in [-0.1, -0.05) is 18.2 Å². The number of rotatable bonds is 1. The highest BCUT2D eigenvalue weighted by atomic mass is 32.1. The van der Waals surface area contributed by atoms with Crippen molar-refractivity contribution in [2.45, 2.75) is 0 Å². The molecular weight excluding hydrogens is 272 g/mol. The van der Waals surface area contributed by atoms with Gasteiger partial charge in [0.25, 0.3) is 5.69 Å². The van der Waals surface area contributed by atoms with Gasteiger partial charge in [-0.25, -0.2) is 4.98 Å². The van der Waals surface area contributed by atoms with Crippen LogP contribution in [0.3, 0.4) is 0 Å². The summed E-state index contributed by atoms with van der Waals surface area (Å²) in [4.78, 5) is 15.2. The van der Waals surface area contributed by atoms with Gasteiger partial charge in [-0.3, -0.25) is 10.1 Å². The Morgan fingerprint density at radius 2 is 1.95 bits per heavy atom. The van der Waals surface area contributed by atoms with Crippen molar-refractivity contribution >= 4 is 38.0 Å². The first-order valence-electron chi connectivity index (χ1n) is 6.08. The molecule has 2 aromatic carbocycles. The maximum Gasteiger partial charge on any atom is 0.270 e. The van der Waals surface area contributed by atoms with Gasteiger partial charge in [0.05, 0.1) is 16.1 Å². The largest absolute Gasteiger partial charge is 0.270 e. The van der Waals surface area contributed by atoms with Crippen LogP contribution in [0.2, 0.25) is 0 Å². The maximum absolute atomic E-state index is 10.9. The molecule has 96 valence electrons. The summed E-state index contributed by atoms with van der Waals surface area (Å²) < 4.78 is 1.16. The molecule has 2 heterocycles. The van der Waals surface area contributed by atoms with Crippen molar-refractivity contribution in [3.8, 4) is 11.3 Å². The third kappa shape index (κ3) is 1.50. The molecule has 2 aromatic rings. The van der Waals surface area contributed by atoms with Crippen molar-refractivity contribution < 1.29 is 4.92 Å². The first kappa shape index (κ1) is 11.3. The highest BCUT2D eigenvalue weighted by Gasteiger charge is 2.17. The molecular formula is C15H8N2O2S. The molecule has 0 aliphatic carbocycles. The van der Waals surface area contributed by atoms with Crippen LogP contribution in [0.15, 0.2) is 47.8 Å². The van der Waals surface area contributed by atoms with E-state index in [4.69, 9.17) is 0 Å². The minimum atomic E-state index is -0.372. The fourth-order valence-electron chi connectivity index (χ4n) is 2.47. The lowest BCUT2D eigenvalue weighted by atomic mass is 10.1. The van der Waals surface area contributed by atoms with Crippen LogP contribution in [-0.2, 0) is 0 Å². The van der Waals surface area contributed by atoms with Gasteiger partial charge in [0, 0.05) is 38.5 Å². The molecule has 0 unspecified atom stereocenters. The smallest absolute Gasteiger partial charge is 0.258 e. The van der Waals surface area contributed by atoms with Crippen molar-refractivity contribution in [2.75, 3.05) is 0 Å². The van der Waals surface area contributed by atoms with Crippen LogP contribution < -0.4 is 0 Å². The summed E-state index contributed by atoms with van der Waals surface area (Å²) in [6.07, 6.45) is 0. The molecule has 20 heavy (non-hydrogen) atoms. The van der Waals surface area contributed by atoms with Gasteiger partial charge < -0.3 is 0 Å². The summed E-state index contributed by atoms with van der Waals surface area (Å²) in [5.74, 6) is 0. The zero-order valence-corrected chi connectivity index (χ0v) is 11.1. The normalized spacial score (nSPS) is 11.4. The third-order valence-corrected chi connectivity index (χ3v) is 4.38. The fraction of sp³-hybridized carbons (Fsp3) is 0. The second kappa shape index (κ2) is 3.98. The highest BCUT2D eigenvalue weighted by Crippen LogP contribution is 2.39. The number of aromatic nitrogens is 1. The predicted octanol–water partition coefficient (Wildman–Crippen LogP) is 4.46. The Morgan fingerprint density at radius 1 is 1.10 bits per heavy atom. The first-order chi connectivity index (χ1) is 9.74. The molecule has 0 fully saturated rings. The summed E-state index contributed by atoms with van der Waals surface area (Å²) in [5, 5.41) is 14.9. The molecule has 0 N–H and O–H groups in total. The Labute approximate surface area is 117 Å². The number of nitrogens with zero attached hydrogens (tertiary/aromatic N) is 2. The lowest BCUT2D eigenvalue weighted by Gasteiger charge is -2.02. The molecule has 0 radical (unpaired) electrons. The molecule has 2 aliphatic rings. The van der Waals surface area contributed by atoms with E-state index in [0.717, 1.165) is 32.2 Å². The van der Waals surface area contributed by atoms with E-state index < -0.39 is 0 Å². The second-order valence-electron chi connectivity index (χ2n) is 4.56. The van der Waals surface area contributed by atoms with Gasteiger partial charge in [-0.2, -0.15) is 0 Å². The summed E-state index contributed by atoms with van der Waals surface area (Å²) in [6, 6.07) is 12.9. The van der Waals surface area contributed by atoms with Gasteiger partial charge in [0.2, 0.25) is 0 Å². The van der Waals surface area contributed by atoms with Crippen molar-refractivity contribution in [2.24, 2.45) is 0 Å².